The number of hydrogen-bond donors (Lipinski definition) is 0. The van der Waals surface area contributed by atoms with Gasteiger partial charge in [0, 0.05) is 31.2 Å². The average molecular weight is 360 g/mol. The minimum atomic E-state index is 0.291. The minimum absolute atomic E-state index is 0.291. The molecule has 0 radical (unpaired) electrons. The average Bonchev–Trinajstić information content (AvgIpc) is 3.07. The van der Waals surface area contributed by atoms with E-state index in [-0.39, 0.29) is 0 Å². The van der Waals surface area contributed by atoms with Crippen LogP contribution in [-0.2, 0) is 4.79 Å². The monoisotopic (exact) mass is 360 g/mol. The number of imidazole rings is 1. The summed E-state index contributed by atoms with van der Waals surface area (Å²) in [5, 5.41) is 0. The summed E-state index contributed by atoms with van der Waals surface area (Å²) in [7, 11) is 0. The van der Waals surface area contributed by atoms with Gasteiger partial charge >= 0.3 is 0 Å². The number of pyridine rings is 1. The van der Waals surface area contributed by atoms with E-state index in [1.165, 1.54) is 6.42 Å². The Morgan fingerprint density at radius 1 is 0.963 bits per heavy atom. The van der Waals surface area contributed by atoms with Crippen LogP contribution in [0.5, 0.6) is 0 Å². The highest BCUT2D eigenvalue weighted by Crippen LogP contribution is 2.34. The van der Waals surface area contributed by atoms with Crippen molar-refractivity contribution in [2.75, 3.05) is 13.1 Å². The Morgan fingerprint density at radius 2 is 1.74 bits per heavy atom. The molecule has 1 saturated carbocycles. The highest BCUT2D eigenvalue weighted by atomic mass is 16.2. The molecule has 5 rings (SSSR count). The molecular weight excluding hydrogens is 336 g/mol. The Hall–Kier alpha value is -2.69. The van der Waals surface area contributed by atoms with Crippen molar-refractivity contribution in [3.8, 4) is 11.5 Å². The lowest BCUT2D eigenvalue weighted by molar-refractivity contribution is -0.139. The third-order valence-corrected chi connectivity index (χ3v) is 6.09. The van der Waals surface area contributed by atoms with Crippen molar-refractivity contribution in [3.05, 3.63) is 48.7 Å². The van der Waals surface area contributed by atoms with Gasteiger partial charge in [0.15, 0.2) is 5.82 Å². The molecule has 1 aromatic carbocycles. The number of nitrogens with zero attached hydrogens (tertiary/aromatic N) is 4. The molecule has 0 N–H and O–H groups in total. The Bertz CT molecular complexity index is 953. The van der Waals surface area contributed by atoms with Crippen molar-refractivity contribution in [1.82, 2.24) is 19.4 Å². The first-order chi connectivity index (χ1) is 13.3. The highest BCUT2D eigenvalue weighted by Gasteiger charge is 2.33. The fourth-order valence-corrected chi connectivity index (χ4v) is 4.35. The van der Waals surface area contributed by atoms with Crippen molar-refractivity contribution in [2.45, 2.75) is 38.1 Å². The molecule has 1 saturated heterocycles. The van der Waals surface area contributed by atoms with Gasteiger partial charge in [-0.15, -0.1) is 0 Å². The van der Waals surface area contributed by atoms with Crippen LogP contribution < -0.4 is 0 Å². The zero-order valence-corrected chi connectivity index (χ0v) is 15.4. The second-order valence-electron chi connectivity index (χ2n) is 7.69. The number of carbonyl (C=O) groups is 1. The van der Waals surface area contributed by atoms with Crippen LogP contribution in [-0.4, -0.2) is 38.4 Å². The van der Waals surface area contributed by atoms with Crippen LogP contribution in [0.1, 0.15) is 38.1 Å². The number of para-hydroxylation sites is 2. The van der Waals surface area contributed by atoms with Crippen LogP contribution in [0, 0.1) is 5.92 Å². The van der Waals surface area contributed by atoms with Gasteiger partial charge < -0.3 is 9.47 Å². The van der Waals surface area contributed by atoms with Crippen LogP contribution in [0.2, 0.25) is 0 Å². The van der Waals surface area contributed by atoms with E-state index in [1.54, 1.807) is 0 Å². The molecule has 1 aliphatic carbocycles. The number of piperidine rings is 1. The highest BCUT2D eigenvalue weighted by molar-refractivity contribution is 5.81. The van der Waals surface area contributed by atoms with E-state index >= 15 is 0 Å². The summed E-state index contributed by atoms with van der Waals surface area (Å²) in [5.41, 5.74) is 3.06. The van der Waals surface area contributed by atoms with E-state index in [2.05, 4.69) is 32.7 Å². The molecule has 3 aromatic rings. The molecule has 0 spiro atoms. The predicted octanol–water partition coefficient (Wildman–Crippen LogP) is 4.06. The molecule has 1 aliphatic heterocycles. The molecule has 1 amide bonds. The van der Waals surface area contributed by atoms with E-state index in [0.717, 1.165) is 61.3 Å². The SMILES string of the molecule is O=C(C1CCC1)N1CCC(n2c(-c3ccccn3)nc3ccccc32)CC1. The Kier molecular flexibility index (Phi) is 4.15. The number of carbonyl (C=O) groups excluding carboxylic acids is 1. The maximum atomic E-state index is 12.6. The van der Waals surface area contributed by atoms with E-state index < -0.39 is 0 Å². The minimum Gasteiger partial charge on any atom is -0.342 e. The topological polar surface area (TPSA) is 51.0 Å². The standard InChI is InChI=1S/C22H24N4O/c27-22(16-6-5-7-16)25-14-11-17(12-15-25)26-20-10-2-1-8-18(20)24-21(26)19-9-3-4-13-23-19/h1-4,8-10,13,16-17H,5-7,11-12,14-15H2. The van der Waals surface area contributed by atoms with Crippen molar-refractivity contribution < 1.29 is 4.79 Å². The summed E-state index contributed by atoms with van der Waals surface area (Å²) < 4.78 is 2.35. The van der Waals surface area contributed by atoms with Crippen molar-refractivity contribution in [2.24, 2.45) is 5.92 Å². The zero-order valence-electron chi connectivity index (χ0n) is 15.4. The maximum Gasteiger partial charge on any atom is 0.225 e. The fourth-order valence-electron chi connectivity index (χ4n) is 4.35. The van der Waals surface area contributed by atoms with E-state index in [1.807, 2.05) is 30.5 Å². The fraction of sp³-hybridized carbons (Fsp3) is 0.409. The maximum absolute atomic E-state index is 12.6. The molecule has 0 bridgehead atoms. The number of rotatable bonds is 3. The molecule has 27 heavy (non-hydrogen) atoms. The summed E-state index contributed by atoms with van der Waals surface area (Å²) in [6, 6.07) is 14.6. The van der Waals surface area contributed by atoms with Crippen LogP contribution in [0.15, 0.2) is 48.7 Å². The molecule has 5 heteroatoms. The quantitative estimate of drug-likeness (QED) is 0.708. The Balaban J connectivity index is 1.45. The smallest absolute Gasteiger partial charge is 0.225 e. The van der Waals surface area contributed by atoms with Gasteiger partial charge in [0.1, 0.15) is 5.69 Å². The van der Waals surface area contributed by atoms with Gasteiger partial charge in [0.25, 0.3) is 0 Å². The normalized spacial score (nSPS) is 18.6. The van der Waals surface area contributed by atoms with Crippen molar-refractivity contribution in [1.29, 1.82) is 0 Å². The van der Waals surface area contributed by atoms with E-state index in [9.17, 15) is 4.79 Å². The van der Waals surface area contributed by atoms with Gasteiger partial charge in [-0.2, -0.15) is 0 Å². The van der Waals surface area contributed by atoms with Gasteiger partial charge in [0.05, 0.1) is 11.0 Å². The van der Waals surface area contributed by atoms with Gasteiger partial charge in [0.2, 0.25) is 5.91 Å². The summed E-state index contributed by atoms with van der Waals surface area (Å²) in [6.45, 7) is 1.68. The van der Waals surface area contributed by atoms with Gasteiger partial charge in [-0.25, -0.2) is 4.98 Å². The molecule has 2 aliphatic rings. The lowest BCUT2D eigenvalue weighted by Gasteiger charge is -2.37. The summed E-state index contributed by atoms with van der Waals surface area (Å²) >= 11 is 0. The Morgan fingerprint density at radius 3 is 2.44 bits per heavy atom. The third-order valence-electron chi connectivity index (χ3n) is 6.09. The number of benzene rings is 1. The van der Waals surface area contributed by atoms with Gasteiger partial charge in [-0.05, 0) is 49.9 Å². The molecule has 0 atom stereocenters. The van der Waals surface area contributed by atoms with E-state index in [0.29, 0.717) is 17.9 Å². The van der Waals surface area contributed by atoms with E-state index in [4.69, 9.17) is 4.98 Å². The molecular formula is C22H24N4O. The van der Waals surface area contributed by atoms with Crippen molar-refractivity contribution in [3.63, 3.8) is 0 Å². The number of likely N-dealkylation sites (tertiary alicyclic amines) is 1. The first-order valence-electron chi connectivity index (χ1n) is 9.98. The molecule has 0 unspecified atom stereocenters. The molecule has 5 nitrogen and oxygen atoms in total. The van der Waals surface area contributed by atoms with Gasteiger partial charge in [-0.1, -0.05) is 24.6 Å². The summed E-state index contributed by atoms with van der Waals surface area (Å²) in [6.07, 6.45) is 7.13. The largest absolute Gasteiger partial charge is 0.342 e. The van der Waals surface area contributed by atoms with Crippen LogP contribution in [0.4, 0.5) is 0 Å². The number of fused-ring (bicyclic) bond motifs is 1. The van der Waals surface area contributed by atoms with Crippen LogP contribution in [0.25, 0.3) is 22.6 Å². The predicted molar refractivity (Wildman–Crippen MR) is 105 cm³/mol. The van der Waals surface area contributed by atoms with Gasteiger partial charge in [-0.3, -0.25) is 9.78 Å². The number of hydrogen-bond acceptors (Lipinski definition) is 3. The second-order valence-corrected chi connectivity index (χ2v) is 7.69. The first-order valence-corrected chi connectivity index (χ1v) is 9.98. The number of aromatic nitrogens is 3. The van der Waals surface area contributed by atoms with Crippen LogP contribution in [0.3, 0.4) is 0 Å². The molecule has 138 valence electrons. The first kappa shape index (κ1) is 16.5. The molecule has 2 fully saturated rings. The summed E-state index contributed by atoms with van der Waals surface area (Å²) in [5.74, 6) is 1.60. The second kappa shape index (κ2) is 6.80. The molecule has 3 heterocycles. The Labute approximate surface area is 159 Å². The number of amides is 1. The zero-order chi connectivity index (χ0) is 18.2. The van der Waals surface area contributed by atoms with Crippen LogP contribution >= 0.6 is 0 Å². The third kappa shape index (κ3) is 2.91. The lowest BCUT2D eigenvalue weighted by atomic mass is 9.84. The lowest BCUT2D eigenvalue weighted by Crippen LogP contribution is -2.43. The molecule has 2 aromatic heterocycles. The summed E-state index contributed by atoms with van der Waals surface area (Å²) in [4.78, 5) is 24.1. The van der Waals surface area contributed by atoms with Crippen molar-refractivity contribution >= 4 is 16.9 Å².